The standard InChI is InChI=1S/C10H16F2N2O4/c11-10(12)3-7(5-16)18-8(10)14-2-1-6(4-15)13-9(14)17/h6-8,15-16H,1-5H2,(H,13,17)/t6?,7-,8+/m0/s1. The Balaban J connectivity index is 2.05. The summed E-state index contributed by atoms with van der Waals surface area (Å²) in [5, 5.41) is 20.2. The molecule has 0 spiro atoms. The molecule has 0 aromatic rings. The first-order valence-corrected chi connectivity index (χ1v) is 5.80. The van der Waals surface area contributed by atoms with Gasteiger partial charge in [0.2, 0.25) is 0 Å². The van der Waals surface area contributed by atoms with Crippen LogP contribution < -0.4 is 5.32 Å². The van der Waals surface area contributed by atoms with Crippen LogP contribution in [0.2, 0.25) is 0 Å². The highest BCUT2D eigenvalue weighted by Crippen LogP contribution is 2.38. The third-order valence-corrected chi connectivity index (χ3v) is 3.20. The smallest absolute Gasteiger partial charge is 0.319 e. The molecular weight excluding hydrogens is 250 g/mol. The van der Waals surface area contributed by atoms with Crippen molar-refractivity contribution in [1.82, 2.24) is 10.2 Å². The average Bonchev–Trinajstić information content (AvgIpc) is 2.64. The van der Waals surface area contributed by atoms with Crippen LogP contribution in [0.25, 0.3) is 0 Å². The number of ether oxygens (including phenoxy) is 1. The topological polar surface area (TPSA) is 82.0 Å². The van der Waals surface area contributed by atoms with E-state index in [2.05, 4.69) is 5.32 Å². The summed E-state index contributed by atoms with van der Waals surface area (Å²) < 4.78 is 32.4. The van der Waals surface area contributed by atoms with E-state index in [9.17, 15) is 13.6 Å². The van der Waals surface area contributed by atoms with Gasteiger partial charge in [0.15, 0.2) is 6.23 Å². The number of alkyl halides is 2. The Morgan fingerprint density at radius 2 is 2.17 bits per heavy atom. The van der Waals surface area contributed by atoms with Crippen molar-refractivity contribution in [2.75, 3.05) is 19.8 Å². The molecule has 0 aliphatic carbocycles. The number of nitrogens with zero attached hydrogens (tertiary/aromatic N) is 1. The second kappa shape index (κ2) is 4.94. The number of aliphatic hydroxyl groups is 2. The second-order valence-corrected chi connectivity index (χ2v) is 4.57. The van der Waals surface area contributed by atoms with Crippen molar-refractivity contribution in [3.05, 3.63) is 0 Å². The van der Waals surface area contributed by atoms with Crippen molar-refractivity contribution in [3.8, 4) is 0 Å². The van der Waals surface area contributed by atoms with E-state index in [1.165, 1.54) is 0 Å². The maximum Gasteiger partial charge on any atom is 0.319 e. The quantitative estimate of drug-likeness (QED) is 0.643. The van der Waals surface area contributed by atoms with Gasteiger partial charge in [0.25, 0.3) is 5.92 Å². The van der Waals surface area contributed by atoms with E-state index >= 15 is 0 Å². The van der Waals surface area contributed by atoms with Crippen LogP contribution in [0.4, 0.5) is 13.6 Å². The molecule has 0 aromatic heterocycles. The van der Waals surface area contributed by atoms with Crippen LogP contribution in [0.5, 0.6) is 0 Å². The fourth-order valence-electron chi connectivity index (χ4n) is 2.23. The van der Waals surface area contributed by atoms with Crippen LogP contribution in [-0.2, 0) is 4.74 Å². The molecule has 18 heavy (non-hydrogen) atoms. The summed E-state index contributed by atoms with van der Waals surface area (Å²) in [5.74, 6) is -3.17. The Morgan fingerprint density at radius 3 is 2.67 bits per heavy atom. The molecule has 0 radical (unpaired) electrons. The molecule has 0 bridgehead atoms. The summed E-state index contributed by atoms with van der Waals surface area (Å²) in [6, 6.07) is -1.08. The maximum atomic E-state index is 13.7. The molecule has 104 valence electrons. The van der Waals surface area contributed by atoms with E-state index in [1.54, 1.807) is 0 Å². The number of hydrogen-bond acceptors (Lipinski definition) is 4. The molecule has 2 saturated heterocycles. The number of rotatable bonds is 3. The van der Waals surface area contributed by atoms with E-state index in [0.717, 1.165) is 4.90 Å². The minimum atomic E-state index is -3.17. The molecule has 2 aliphatic heterocycles. The van der Waals surface area contributed by atoms with E-state index in [4.69, 9.17) is 14.9 Å². The lowest BCUT2D eigenvalue weighted by Crippen LogP contribution is -2.59. The first-order valence-electron chi connectivity index (χ1n) is 5.80. The molecule has 2 aliphatic rings. The Morgan fingerprint density at radius 1 is 1.44 bits per heavy atom. The van der Waals surface area contributed by atoms with Gasteiger partial charge < -0.3 is 20.3 Å². The molecule has 2 heterocycles. The average molecular weight is 266 g/mol. The highest BCUT2D eigenvalue weighted by atomic mass is 19.3. The number of carbonyl (C=O) groups is 1. The number of hydrogen-bond donors (Lipinski definition) is 3. The molecule has 8 heteroatoms. The van der Waals surface area contributed by atoms with Crippen molar-refractivity contribution in [2.45, 2.75) is 37.1 Å². The first-order chi connectivity index (χ1) is 8.47. The van der Waals surface area contributed by atoms with E-state index in [0.29, 0.717) is 6.42 Å². The van der Waals surface area contributed by atoms with Gasteiger partial charge in [-0.05, 0) is 6.42 Å². The van der Waals surface area contributed by atoms with Crippen molar-refractivity contribution < 1.29 is 28.5 Å². The van der Waals surface area contributed by atoms with Crippen molar-refractivity contribution in [1.29, 1.82) is 0 Å². The van der Waals surface area contributed by atoms with Gasteiger partial charge in [-0.2, -0.15) is 0 Å². The Kier molecular flexibility index (Phi) is 3.69. The van der Waals surface area contributed by atoms with Crippen LogP contribution in [0.15, 0.2) is 0 Å². The predicted octanol–water partition coefficient (Wildman–Crippen LogP) is -0.495. The summed E-state index contributed by atoms with van der Waals surface area (Å²) >= 11 is 0. The number of carbonyl (C=O) groups excluding carboxylic acids is 1. The van der Waals surface area contributed by atoms with E-state index in [1.807, 2.05) is 0 Å². The van der Waals surface area contributed by atoms with Crippen molar-refractivity contribution >= 4 is 6.03 Å². The maximum absolute atomic E-state index is 13.7. The van der Waals surface area contributed by atoms with Crippen LogP contribution in [0.3, 0.4) is 0 Å². The zero-order valence-electron chi connectivity index (χ0n) is 9.68. The van der Waals surface area contributed by atoms with E-state index < -0.39 is 43.4 Å². The minimum absolute atomic E-state index is 0.0927. The largest absolute Gasteiger partial charge is 0.394 e. The second-order valence-electron chi connectivity index (χ2n) is 4.57. The monoisotopic (exact) mass is 266 g/mol. The molecule has 2 amide bonds. The number of halogens is 2. The summed E-state index contributed by atoms with van der Waals surface area (Å²) in [7, 11) is 0. The molecule has 3 N–H and O–H groups in total. The highest BCUT2D eigenvalue weighted by Gasteiger charge is 2.54. The Hall–Kier alpha value is -0.990. The summed E-state index contributed by atoms with van der Waals surface area (Å²) in [6.45, 7) is -0.628. The van der Waals surface area contributed by atoms with Gasteiger partial charge >= 0.3 is 6.03 Å². The Bertz CT molecular complexity index is 329. The van der Waals surface area contributed by atoms with Gasteiger partial charge in [0.1, 0.15) is 0 Å². The fourth-order valence-corrected chi connectivity index (χ4v) is 2.23. The van der Waals surface area contributed by atoms with Crippen LogP contribution in [0.1, 0.15) is 12.8 Å². The zero-order valence-corrected chi connectivity index (χ0v) is 9.68. The third kappa shape index (κ3) is 2.40. The van der Waals surface area contributed by atoms with Crippen LogP contribution in [0, 0.1) is 0 Å². The fraction of sp³-hybridized carbons (Fsp3) is 0.900. The molecular formula is C10H16F2N2O4. The molecule has 6 nitrogen and oxygen atoms in total. The Labute approximate surface area is 103 Å². The minimum Gasteiger partial charge on any atom is -0.394 e. The van der Waals surface area contributed by atoms with Gasteiger partial charge in [-0.3, -0.25) is 4.90 Å². The SMILES string of the molecule is O=C1NC(CO)CCN1[C@@H]1O[C@H](CO)CC1(F)F. The van der Waals surface area contributed by atoms with Crippen LogP contribution >= 0.6 is 0 Å². The third-order valence-electron chi connectivity index (χ3n) is 3.20. The lowest BCUT2D eigenvalue weighted by molar-refractivity contribution is -0.142. The number of amides is 2. The van der Waals surface area contributed by atoms with Crippen molar-refractivity contribution in [3.63, 3.8) is 0 Å². The molecule has 0 saturated carbocycles. The molecule has 0 aromatic carbocycles. The van der Waals surface area contributed by atoms with Gasteiger partial charge in [-0.1, -0.05) is 0 Å². The predicted molar refractivity (Wildman–Crippen MR) is 56.0 cm³/mol. The first kappa shape index (κ1) is 13.4. The molecule has 2 rings (SSSR count). The zero-order chi connectivity index (χ0) is 13.3. The van der Waals surface area contributed by atoms with Crippen molar-refractivity contribution in [2.24, 2.45) is 0 Å². The lowest BCUT2D eigenvalue weighted by atomic mass is 10.1. The summed E-state index contributed by atoms with van der Waals surface area (Å²) in [6.07, 6.45) is -2.81. The normalized spacial score (nSPS) is 35.7. The number of urea groups is 1. The van der Waals surface area contributed by atoms with Gasteiger partial charge in [-0.15, -0.1) is 0 Å². The number of nitrogens with one attached hydrogen (secondary N) is 1. The van der Waals surface area contributed by atoms with Gasteiger partial charge in [0.05, 0.1) is 25.4 Å². The molecule has 1 unspecified atom stereocenters. The lowest BCUT2D eigenvalue weighted by Gasteiger charge is -2.37. The molecule has 2 fully saturated rings. The highest BCUT2D eigenvalue weighted by molar-refractivity contribution is 5.75. The molecule has 3 atom stereocenters. The number of aliphatic hydroxyl groups excluding tert-OH is 2. The van der Waals surface area contributed by atoms with E-state index in [-0.39, 0.29) is 13.2 Å². The van der Waals surface area contributed by atoms with Crippen LogP contribution in [-0.4, -0.2) is 65.2 Å². The summed E-state index contributed by atoms with van der Waals surface area (Å²) in [5.41, 5.74) is 0. The van der Waals surface area contributed by atoms with Gasteiger partial charge in [0, 0.05) is 13.0 Å². The summed E-state index contributed by atoms with van der Waals surface area (Å²) in [4.78, 5) is 12.6. The van der Waals surface area contributed by atoms with Gasteiger partial charge in [-0.25, -0.2) is 13.6 Å².